The Morgan fingerprint density at radius 2 is 1.71 bits per heavy atom. The average molecular weight is 297 g/mol. The van der Waals surface area contributed by atoms with E-state index in [1.165, 1.54) is 51.4 Å². The van der Waals surface area contributed by atoms with Crippen LogP contribution in [0.4, 0.5) is 0 Å². The van der Waals surface area contributed by atoms with Crippen LogP contribution in [-0.4, -0.2) is 36.5 Å². The second-order valence-electron chi connectivity index (χ2n) is 8.22. The van der Waals surface area contributed by atoms with Crippen molar-refractivity contribution in [2.75, 3.05) is 13.2 Å². The molecule has 0 bridgehead atoms. The summed E-state index contributed by atoms with van der Waals surface area (Å²) in [6, 6.07) is 0.586. The fourth-order valence-electron chi connectivity index (χ4n) is 3.61. The van der Waals surface area contributed by atoms with Crippen molar-refractivity contribution in [1.82, 2.24) is 5.32 Å². The Morgan fingerprint density at radius 3 is 2.33 bits per heavy atom. The first-order valence-electron chi connectivity index (χ1n) is 8.98. The number of nitrogens with one attached hydrogen (secondary N) is 1. The monoisotopic (exact) mass is 297 g/mol. The Kier molecular flexibility index (Phi) is 6.51. The topological polar surface area (TPSA) is 41.5 Å². The van der Waals surface area contributed by atoms with Crippen molar-refractivity contribution >= 4 is 0 Å². The maximum absolute atomic E-state index is 10.1. The van der Waals surface area contributed by atoms with Crippen LogP contribution in [-0.2, 0) is 4.74 Å². The standard InChI is InChI=1S/C18H35NO2/c1-14-4-6-17(7-5-14)21-13-16(20)12-19-15-8-10-18(2,3)11-9-15/h14-17,19-20H,4-13H2,1-3H3. The second-order valence-corrected chi connectivity index (χ2v) is 8.22. The van der Waals surface area contributed by atoms with Crippen molar-refractivity contribution in [2.45, 2.75) is 90.4 Å². The SMILES string of the molecule is CC1CCC(OCC(O)CNC2CCC(C)(C)CC2)CC1. The van der Waals surface area contributed by atoms with E-state index in [2.05, 4.69) is 26.1 Å². The van der Waals surface area contributed by atoms with Crippen molar-refractivity contribution in [2.24, 2.45) is 11.3 Å². The molecule has 3 nitrogen and oxygen atoms in total. The lowest BCUT2D eigenvalue weighted by molar-refractivity contribution is -0.0288. The molecule has 0 spiro atoms. The van der Waals surface area contributed by atoms with Crippen LogP contribution in [0.2, 0.25) is 0 Å². The summed E-state index contributed by atoms with van der Waals surface area (Å²) in [5.74, 6) is 0.854. The summed E-state index contributed by atoms with van der Waals surface area (Å²) >= 11 is 0. The van der Waals surface area contributed by atoms with Crippen LogP contribution in [0.3, 0.4) is 0 Å². The molecule has 2 rings (SSSR count). The molecule has 2 N–H and O–H groups in total. The Labute approximate surface area is 130 Å². The Balaban J connectivity index is 1.54. The van der Waals surface area contributed by atoms with Crippen molar-refractivity contribution in [3.63, 3.8) is 0 Å². The van der Waals surface area contributed by atoms with E-state index in [0.29, 0.717) is 30.7 Å². The molecule has 0 radical (unpaired) electrons. The van der Waals surface area contributed by atoms with Crippen LogP contribution < -0.4 is 5.32 Å². The highest BCUT2D eigenvalue weighted by atomic mass is 16.5. The fraction of sp³-hybridized carbons (Fsp3) is 1.00. The van der Waals surface area contributed by atoms with Gasteiger partial charge in [0.15, 0.2) is 0 Å². The molecule has 3 heteroatoms. The molecule has 1 unspecified atom stereocenters. The summed E-state index contributed by atoms with van der Waals surface area (Å²) in [6.07, 6.45) is 9.95. The van der Waals surface area contributed by atoms with Crippen LogP contribution in [0.15, 0.2) is 0 Å². The zero-order valence-corrected chi connectivity index (χ0v) is 14.2. The molecule has 1 atom stereocenters. The second kappa shape index (κ2) is 7.94. The normalized spacial score (nSPS) is 32.0. The number of aliphatic hydroxyl groups is 1. The molecule has 0 aromatic rings. The molecule has 2 aliphatic rings. The van der Waals surface area contributed by atoms with Gasteiger partial charge in [0.2, 0.25) is 0 Å². The summed E-state index contributed by atoms with van der Waals surface area (Å²) in [4.78, 5) is 0. The van der Waals surface area contributed by atoms with Gasteiger partial charge in [-0.3, -0.25) is 0 Å². The van der Waals surface area contributed by atoms with Gasteiger partial charge in [0.25, 0.3) is 0 Å². The van der Waals surface area contributed by atoms with Gasteiger partial charge in [-0.15, -0.1) is 0 Å². The highest BCUT2D eigenvalue weighted by molar-refractivity contribution is 4.82. The summed E-state index contributed by atoms with van der Waals surface area (Å²) in [6.45, 7) is 8.20. The largest absolute Gasteiger partial charge is 0.389 e. The van der Waals surface area contributed by atoms with E-state index in [9.17, 15) is 5.11 Å². The zero-order chi connectivity index (χ0) is 15.3. The summed E-state index contributed by atoms with van der Waals surface area (Å²) in [5.41, 5.74) is 0.512. The van der Waals surface area contributed by atoms with Gasteiger partial charge in [-0.05, 0) is 62.7 Å². The van der Waals surface area contributed by atoms with Crippen LogP contribution >= 0.6 is 0 Å². The molecule has 2 fully saturated rings. The molecule has 0 amide bonds. The molecule has 2 saturated carbocycles. The van der Waals surface area contributed by atoms with Gasteiger partial charge in [0, 0.05) is 12.6 Å². The highest BCUT2D eigenvalue weighted by Crippen LogP contribution is 2.34. The maximum atomic E-state index is 10.1. The minimum Gasteiger partial charge on any atom is -0.389 e. The van der Waals surface area contributed by atoms with E-state index in [-0.39, 0.29) is 6.10 Å². The van der Waals surface area contributed by atoms with Crippen molar-refractivity contribution < 1.29 is 9.84 Å². The van der Waals surface area contributed by atoms with Gasteiger partial charge < -0.3 is 15.2 Å². The Bertz CT molecular complexity index is 288. The summed E-state index contributed by atoms with van der Waals surface area (Å²) in [7, 11) is 0. The van der Waals surface area contributed by atoms with E-state index in [0.717, 1.165) is 5.92 Å². The highest BCUT2D eigenvalue weighted by Gasteiger charge is 2.27. The quantitative estimate of drug-likeness (QED) is 0.788. The molecule has 0 saturated heterocycles. The smallest absolute Gasteiger partial charge is 0.0897 e. The van der Waals surface area contributed by atoms with E-state index >= 15 is 0 Å². The van der Waals surface area contributed by atoms with E-state index in [1.54, 1.807) is 0 Å². The minimum absolute atomic E-state index is 0.362. The van der Waals surface area contributed by atoms with Gasteiger partial charge in [0.1, 0.15) is 0 Å². The molecule has 0 heterocycles. The summed E-state index contributed by atoms with van der Waals surface area (Å²) < 4.78 is 5.88. The first-order chi connectivity index (χ1) is 9.94. The van der Waals surface area contributed by atoms with Crippen molar-refractivity contribution in [3.05, 3.63) is 0 Å². The fourth-order valence-corrected chi connectivity index (χ4v) is 3.61. The minimum atomic E-state index is -0.362. The Morgan fingerprint density at radius 1 is 1.10 bits per heavy atom. The molecule has 0 aromatic carbocycles. The van der Waals surface area contributed by atoms with Crippen molar-refractivity contribution in [1.29, 1.82) is 0 Å². The van der Waals surface area contributed by atoms with Crippen LogP contribution in [0.5, 0.6) is 0 Å². The first-order valence-corrected chi connectivity index (χ1v) is 8.98. The lowest BCUT2D eigenvalue weighted by atomic mass is 9.75. The van der Waals surface area contributed by atoms with Crippen LogP contribution in [0, 0.1) is 11.3 Å². The first kappa shape index (κ1) is 17.2. The lowest BCUT2D eigenvalue weighted by Crippen LogP contribution is -2.41. The van der Waals surface area contributed by atoms with Gasteiger partial charge in [-0.25, -0.2) is 0 Å². The van der Waals surface area contributed by atoms with Gasteiger partial charge in [-0.2, -0.15) is 0 Å². The van der Waals surface area contributed by atoms with E-state index in [1.807, 2.05) is 0 Å². The molecular weight excluding hydrogens is 262 g/mol. The zero-order valence-electron chi connectivity index (χ0n) is 14.2. The number of hydrogen-bond acceptors (Lipinski definition) is 3. The van der Waals surface area contributed by atoms with Crippen LogP contribution in [0.25, 0.3) is 0 Å². The Hall–Kier alpha value is -0.120. The van der Waals surface area contributed by atoms with Gasteiger partial charge >= 0.3 is 0 Å². The van der Waals surface area contributed by atoms with Crippen molar-refractivity contribution in [3.8, 4) is 0 Å². The third-order valence-electron chi connectivity index (χ3n) is 5.47. The molecule has 124 valence electrons. The summed E-state index contributed by atoms with van der Waals surface area (Å²) in [5, 5.41) is 13.6. The van der Waals surface area contributed by atoms with Gasteiger partial charge in [0.05, 0.1) is 18.8 Å². The van der Waals surface area contributed by atoms with E-state index in [4.69, 9.17) is 4.74 Å². The third kappa shape index (κ3) is 6.25. The predicted octanol–water partition coefficient (Wildman–Crippen LogP) is 3.50. The van der Waals surface area contributed by atoms with Crippen LogP contribution in [0.1, 0.15) is 72.1 Å². The predicted molar refractivity (Wildman–Crippen MR) is 87.4 cm³/mol. The molecule has 2 aliphatic carbocycles. The number of rotatable bonds is 6. The third-order valence-corrected chi connectivity index (χ3v) is 5.47. The maximum Gasteiger partial charge on any atom is 0.0897 e. The molecular formula is C18H35NO2. The lowest BCUT2D eigenvalue weighted by Gasteiger charge is -2.35. The molecule has 21 heavy (non-hydrogen) atoms. The van der Waals surface area contributed by atoms with Gasteiger partial charge in [-0.1, -0.05) is 20.8 Å². The number of aliphatic hydroxyl groups excluding tert-OH is 1. The molecule has 0 aromatic heterocycles. The average Bonchev–Trinajstić information content (AvgIpc) is 2.45. The number of ether oxygens (including phenoxy) is 1. The van der Waals surface area contributed by atoms with E-state index < -0.39 is 0 Å². The number of hydrogen-bond donors (Lipinski definition) is 2. The molecule has 0 aliphatic heterocycles.